The highest BCUT2D eigenvalue weighted by atomic mass is 32.2. The van der Waals surface area contributed by atoms with E-state index < -0.39 is 0 Å². The molecule has 1 unspecified atom stereocenters. The van der Waals surface area contributed by atoms with Gasteiger partial charge in [0.15, 0.2) is 0 Å². The summed E-state index contributed by atoms with van der Waals surface area (Å²) in [6.07, 6.45) is 6.09. The normalized spacial score (nSPS) is 13.5. The van der Waals surface area contributed by atoms with Gasteiger partial charge >= 0.3 is 0 Å². The topological polar surface area (TPSA) is 17.1 Å². The molecule has 0 saturated heterocycles. The average molecular weight is 210 g/mol. The van der Waals surface area contributed by atoms with Crippen LogP contribution in [0.5, 0.6) is 0 Å². The number of hydrogen-bond acceptors (Lipinski definition) is 4. The predicted molar refractivity (Wildman–Crippen MR) is 58.8 cm³/mol. The second kappa shape index (κ2) is 6.26. The number of thioether (sulfide) groups is 3. The maximum atomic E-state index is 11.1. The third-order valence-electron chi connectivity index (χ3n) is 1.37. The van der Waals surface area contributed by atoms with Crippen LogP contribution in [0.2, 0.25) is 0 Å². The van der Waals surface area contributed by atoms with Crippen LogP contribution in [0.4, 0.5) is 0 Å². The molecule has 0 aromatic carbocycles. The van der Waals surface area contributed by atoms with Crippen LogP contribution in [-0.2, 0) is 4.79 Å². The minimum atomic E-state index is 0.153. The van der Waals surface area contributed by atoms with E-state index >= 15 is 0 Å². The van der Waals surface area contributed by atoms with Gasteiger partial charge in [-0.2, -0.15) is 11.8 Å². The SMILES string of the molecule is CSC(SC)C(SC)C(C)=O. The number of hydrogen-bond donors (Lipinski definition) is 0. The zero-order chi connectivity index (χ0) is 8.85. The Bertz CT molecular complexity index is 123. The van der Waals surface area contributed by atoms with Crippen molar-refractivity contribution in [3.05, 3.63) is 0 Å². The Labute approximate surface area is 81.5 Å². The average Bonchev–Trinajstić information content (AvgIpc) is 1.99. The van der Waals surface area contributed by atoms with E-state index in [1.165, 1.54) is 0 Å². The van der Waals surface area contributed by atoms with Gasteiger partial charge in [-0.25, -0.2) is 0 Å². The molecule has 0 fully saturated rings. The maximum absolute atomic E-state index is 11.1. The molecule has 0 aromatic rings. The van der Waals surface area contributed by atoms with Gasteiger partial charge < -0.3 is 0 Å². The molecule has 0 radical (unpaired) electrons. The Hall–Kier alpha value is 0.720. The van der Waals surface area contributed by atoms with Crippen LogP contribution in [-0.4, -0.2) is 34.4 Å². The van der Waals surface area contributed by atoms with Crippen LogP contribution < -0.4 is 0 Å². The zero-order valence-corrected chi connectivity index (χ0v) is 9.74. The Kier molecular flexibility index (Phi) is 6.67. The lowest BCUT2D eigenvalue weighted by Gasteiger charge is -2.19. The van der Waals surface area contributed by atoms with Crippen molar-refractivity contribution in [2.75, 3.05) is 18.8 Å². The fourth-order valence-electron chi connectivity index (χ4n) is 0.812. The first kappa shape index (κ1) is 11.7. The minimum Gasteiger partial charge on any atom is -0.299 e. The molecule has 0 saturated carbocycles. The Morgan fingerprint density at radius 3 is 1.64 bits per heavy atom. The molecular formula is C7H14OS3. The molecule has 0 aliphatic carbocycles. The first-order valence-electron chi connectivity index (χ1n) is 3.26. The summed E-state index contributed by atoms with van der Waals surface area (Å²) >= 11 is 5.15. The van der Waals surface area contributed by atoms with Crippen LogP contribution in [0.25, 0.3) is 0 Å². The van der Waals surface area contributed by atoms with E-state index in [1.54, 1.807) is 42.2 Å². The van der Waals surface area contributed by atoms with E-state index in [9.17, 15) is 4.79 Å². The molecule has 0 heterocycles. The predicted octanol–water partition coefficient (Wildman–Crippen LogP) is 2.36. The lowest BCUT2D eigenvalue weighted by Crippen LogP contribution is -2.23. The van der Waals surface area contributed by atoms with E-state index in [4.69, 9.17) is 0 Å². The highest BCUT2D eigenvalue weighted by molar-refractivity contribution is 8.17. The molecule has 0 aromatic heterocycles. The highest BCUT2D eigenvalue weighted by Crippen LogP contribution is 2.29. The first-order valence-corrected chi connectivity index (χ1v) is 7.12. The molecule has 0 N–H and O–H groups in total. The standard InChI is InChI=1S/C7H14OS3/c1-5(8)6(9-2)7(10-3)11-4/h6-7H,1-4H3. The molecular weight excluding hydrogens is 196 g/mol. The van der Waals surface area contributed by atoms with Gasteiger partial charge in [-0.05, 0) is 25.7 Å². The van der Waals surface area contributed by atoms with Gasteiger partial charge in [-0.3, -0.25) is 4.79 Å². The third kappa shape index (κ3) is 3.76. The van der Waals surface area contributed by atoms with Crippen molar-refractivity contribution in [3.63, 3.8) is 0 Å². The van der Waals surface area contributed by atoms with E-state index in [-0.39, 0.29) is 11.0 Å². The van der Waals surface area contributed by atoms with E-state index in [2.05, 4.69) is 0 Å². The Morgan fingerprint density at radius 2 is 1.55 bits per heavy atom. The van der Waals surface area contributed by atoms with Gasteiger partial charge in [0, 0.05) is 0 Å². The van der Waals surface area contributed by atoms with Crippen molar-refractivity contribution >= 4 is 41.1 Å². The second-order valence-electron chi connectivity index (χ2n) is 2.11. The van der Waals surface area contributed by atoms with Gasteiger partial charge in [0.2, 0.25) is 0 Å². The van der Waals surface area contributed by atoms with Crippen molar-refractivity contribution in [1.29, 1.82) is 0 Å². The highest BCUT2D eigenvalue weighted by Gasteiger charge is 2.22. The number of carbonyl (C=O) groups is 1. The van der Waals surface area contributed by atoms with Crippen LogP contribution >= 0.6 is 35.3 Å². The summed E-state index contributed by atoms with van der Waals surface area (Å²) in [7, 11) is 0. The van der Waals surface area contributed by atoms with Crippen molar-refractivity contribution in [2.45, 2.75) is 16.8 Å². The molecule has 1 atom stereocenters. The first-order chi connectivity index (χ1) is 5.17. The lowest BCUT2D eigenvalue weighted by molar-refractivity contribution is -0.116. The number of ketones is 1. The summed E-state index contributed by atoms with van der Waals surface area (Å²) in [6, 6.07) is 0. The van der Waals surface area contributed by atoms with Gasteiger partial charge in [0.05, 0.1) is 9.83 Å². The van der Waals surface area contributed by atoms with Gasteiger partial charge in [-0.1, -0.05) is 0 Å². The summed E-state index contributed by atoms with van der Waals surface area (Å²) in [5, 5.41) is 0.153. The van der Waals surface area contributed by atoms with Crippen LogP contribution in [0.1, 0.15) is 6.92 Å². The molecule has 0 amide bonds. The summed E-state index contributed by atoms with van der Waals surface area (Å²) < 4.78 is 0.405. The van der Waals surface area contributed by atoms with Gasteiger partial charge in [-0.15, -0.1) is 23.5 Å². The van der Waals surface area contributed by atoms with Gasteiger partial charge in [0.25, 0.3) is 0 Å². The van der Waals surface area contributed by atoms with Gasteiger partial charge in [0.1, 0.15) is 5.78 Å². The van der Waals surface area contributed by atoms with E-state index in [0.717, 1.165) is 0 Å². The monoisotopic (exact) mass is 210 g/mol. The molecule has 0 aliphatic rings. The number of rotatable bonds is 5. The fraction of sp³-hybridized carbons (Fsp3) is 0.857. The molecule has 0 aliphatic heterocycles. The Morgan fingerprint density at radius 1 is 1.09 bits per heavy atom. The smallest absolute Gasteiger partial charge is 0.144 e. The largest absolute Gasteiger partial charge is 0.299 e. The summed E-state index contributed by atoms with van der Waals surface area (Å²) in [4.78, 5) is 11.1. The summed E-state index contributed by atoms with van der Waals surface area (Å²) in [5.41, 5.74) is 0. The zero-order valence-electron chi connectivity index (χ0n) is 7.29. The van der Waals surface area contributed by atoms with Crippen molar-refractivity contribution in [3.8, 4) is 0 Å². The third-order valence-corrected chi connectivity index (χ3v) is 5.45. The Balaban J connectivity index is 4.09. The van der Waals surface area contributed by atoms with Crippen molar-refractivity contribution < 1.29 is 4.79 Å². The molecule has 0 bridgehead atoms. The quantitative estimate of drug-likeness (QED) is 0.648. The molecule has 11 heavy (non-hydrogen) atoms. The molecule has 0 rings (SSSR count). The summed E-state index contributed by atoms with van der Waals surface area (Å²) in [6.45, 7) is 1.67. The molecule has 0 spiro atoms. The van der Waals surface area contributed by atoms with E-state index in [1.807, 2.05) is 18.8 Å². The lowest BCUT2D eigenvalue weighted by atomic mass is 10.3. The van der Waals surface area contributed by atoms with E-state index in [0.29, 0.717) is 4.58 Å². The minimum absolute atomic E-state index is 0.153. The second-order valence-corrected chi connectivity index (χ2v) is 5.34. The summed E-state index contributed by atoms with van der Waals surface area (Å²) in [5.74, 6) is 0.284. The maximum Gasteiger partial charge on any atom is 0.144 e. The number of Topliss-reactive ketones (excluding diaryl/α,β-unsaturated/α-hetero) is 1. The van der Waals surface area contributed by atoms with Crippen molar-refractivity contribution in [2.24, 2.45) is 0 Å². The van der Waals surface area contributed by atoms with Crippen LogP contribution in [0, 0.1) is 0 Å². The van der Waals surface area contributed by atoms with Crippen LogP contribution in [0.3, 0.4) is 0 Å². The molecule has 4 heteroatoms. The van der Waals surface area contributed by atoms with Crippen LogP contribution in [0.15, 0.2) is 0 Å². The molecule has 1 nitrogen and oxygen atoms in total. The fourth-order valence-corrected chi connectivity index (χ4v) is 4.35. The molecule has 66 valence electrons. The van der Waals surface area contributed by atoms with Crippen molar-refractivity contribution in [1.82, 2.24) is 0 Å². The number of carbonyl (C=O) groups excluding carboxylic acids is 1.